The van der Waals surface area contributed by atoms with Gasteiger partial charge in [-0.2, -0.15) is 0 Å². The summed E-state index contributed by atoms with van der Waals surface area (Å²) in [7, 11) is 0. The third kappa shape index (κ3) is 4.88. The average molecular weight is 546 g/mol. The topological polar surface area (TPSA) is 51.3 Å². The highest BCUT2D eigenvalue weighted by molar-refractivity contribution is 9.10. The molecular weight excluding hydrogens is 524 g/mol. The maximum atomic E-state index is 13.7. The van der Waals surface area contributed by atoms with Gasteiger partial charge in [-0.05, 0) is 31.2 Å². The number of Topliss-reactive ketones (excluding diaryl/α,β-unsaturated/α-hetero) is 1. The molecule has 0 N–H and O–H groups in total. The van der Waals surface area contributed by atoms with Crippen molar-refractivity contribution in [2.45, 2.75) is 19.0 Å². The highest BCUT2D eigenvalue weighted by Crippen LogP contribution is 2.36. The van der Waals surface area contributed by atoms with Crippen molar-refractivity contribution in [2.75, 3.05) is 13.2 Å². The van der Waals surface area contributed by atoms with Crippen molar-refractivity contribution in [3.05, 3.63) is 94.2 Å². The fourth-order valence-electron chi connectivity index (χ4n) is 3.93. The summed E-state index contributed by atoms with van der Waals surface area (Å²) in [6.07, 6.45) is 3.85. The number of rotatable bonds is 6. The average Bonchev–Trinajstić information content (AvgIpc) is 3.22. The largest absolute Gasteiger partial charge is 1.00 e. The van der Waals surface area contributed by atoms with E-state index in [0.29, 0.717) is 12.2 Å². The molecule has 1 aliphatic rings. The number of fused-ring (bicyclic) bond motifs is 1. The van der Waals surface area contributed by atoms with Gasteiger partial charge in [-0.1, -0.05) is 58.4 Å². The number of hydrogen-bond acceptors (Lipinski definition) is 3. The van der Waals surface area contributed by atoms with Gasteiger partial charge in [-0.15, -0.1) is 0 Å². The van der Waals surface area contributed by atoms with Crippen LogP contribution in [0.1, 0.15) is 40.6 Å². The minimum atomic E-state index is -0.516. The molecule has 0 saturated heterocycles. The van der Waals surface area contributed by atoms with E-state index >= 15 is 0 Å². The van der Waals surface area contributed by atoms with Crippen LogP contribution < -0.4 is 17.0 Å². The first-order chi connectivity index (χ1) is 14.6. The van der Waals surface area contributed by atoms with Crippen molar-refractivity contribution in [1.29, 1.82) is 0 Å². The Balaban J connectivity index is 0.00000272. The Labute approximate surface area is 200 Å². The number of ketones is 1. The van der Waals surface area contributed by atoms with Crippen LogP contribution in [0.4, 0.5) is 0 Å². The van der Waals surface area contributed by atoms with Crippen molar-refractivity contribution >= 4 is 33.9 Å². The van der Waals surface area contributed by atoms with Gasteiger partial charge in [0.05, 0.1) is 6.61 Å². The monoisotopic (exact) mass is 544 g/mol. The second-order valence-corrected chi connectivity index (χ2v) is 8.03. The molecule has 5 nitrogen and oxygen atoms in total. The Morgan fingerprint density at radius 2 is 1.74 bits per heavy atom. The Kier molecular flexibility index (Phi) is 7.62. The minimum absolute atomic E-state index is 0. The molecule has 1 aliphatic heterocycles. The van der Waals surface area contributed by atoms with Gasteiger partial charge in [0.1, 0.15) is 5.69 Å². The zero-order valence-electron chi connectivity index (χ0n) is 16.9. The lowest BCUT2D eigenvalue weighted by Gasteiger charge is -2.30. The molecule has 31 heavy (non-hydrogen) atoms. The molecule has 0 saturated carbocycles. The van der Waals surface area contributed by atoms with Crippen LogP contribution in [0, 0.1) is 0 Å². The number of hydrogen-bond donors (Lipinski definition) is 0. The van der Waals surface area contributed by atoms with E-state index in [-0.39, 0.29) is 41.3 Å². The first-order valence-corrected chi connectivity index (χ1v) is 10.7. The molecule has 0 unspecified atom stereocenters. The highest BCUT2D eigenvalue weighted by Gasteiger charge is 2.43. The minimum Gasteiger partial charge on any atom is -1.00 e. The van der Waals surface area contributed by atoms with Gasteiger partial charge in [-0.3, -0.25) is 4.79 Å². The molecule has 2 heterocycles. The smallest absolute Gasteiger partial charge is 0.372 e. The number of esters is 1. The Morgan fingerprint density at radius 1 is 1.03 bits per heavy atom. The molecular formula is C24H22Br2N2O3. The molecule has 0 bridgehead atoms. The first-order valence-electron chi connectivity index (χ1n) is 9.86. The molecule has 0 fully saturated rings. The Bertz CT molecular complexity index is 1090. The number of aromatic nitrogens is 1. The van der Waals surface area contributed by atoms with Gasteiger partial charge >= 0.3 is 5.97 Å². The van der Waals surface area contributed by atoms with Gasteiger partial charge in [0, 0.05) is 21.8 Å². The quantitative estimate of drug-likeness (QED) is 0.267. The molecule has 160 valence electrons. The van der Waals surface area contributed by atoms with E-state index in [1.54, 1.807) is 6.92 Å². The highest BCUT2D eigenvalue weighted by atomic mass is 79.9. The summed E-state index contributed by atoms with van der Waals surface area (Å²) in [5.74, 6) is -0.319. The molecule has 7 heteroatoms. The second-order valence-electron chi connectivity index (χ2n) is 7.12. The SMILES string of the molecule is CCOC(=O)C[N+]1=Cc2cccn2[C@H](C(=O)c2ccc(Br)cc2)[C@H]1c1ccccc1.[Br-]. The zero-order chi connectivity index (χ0) is 21.1. The number of carbonyl (C=O) groups excluding carboxylic acids is 2. The summed E-state index contributed by atoms with van der Waals surface area (Å²) >= 11 is 3.43. The van der Waals surface area contributed by atoms with Gasteiger partial charge in [-0.25, -0.2) is 9.37 Å². The van der Waals surface area contributed by atoms with Crippen LogP contribution in [-0.2, 0) is 9.53 Å². The molecule has 0 spiro atoms. The lowest BCUT2D eigenvalue weighted by atomic mass is 9.90. The molecule has 4 rings (SSSR count). The van der Waals surface area contributed by atoms with Crippen LogP contribution in [0.5, 0.6) is 0 Å². The predicted octanol–water partition coefficient (Wildman–Crippen LogP) is 1.43. The number of ether oxygens (including phenoxy) is 1. The van der Waals surface area contributed by atoms with E-state index in [0.717, 1.165) is 15.7 Å². The molecule has 0 amide bonds. The lowest BCUT2D eigenvalue weighted by Crippen LogP contribution is -3.00. The number of benzene rings is 2. The summed E-state index contributed by atoms with van der Waals surface area (Å²) in [5, 5.41) is 0. The number of nitrogens with zero attached hydrogens (tertiary/aromatic N) is 2. The van der Waals surface area contributed by atoms with E-state index in [2.05, 4.69) is 15.9 Å². The number of carbonyl (C=O) groups is 2. The van der Waals surface area contributed by atoms with Gasteiger partial charge in [0.25, 0.3) is 0 Å². The van der Waals surface area contributed by atoms with E-state index < -0.39 is 6.04 Å². The van der Waals surface area contributed by atoms with E-state index in [4.69, 9.17) is 4.74 Å². The Morgan fingerprint density at radius 3 is 2.42 bits per heavy atom. The van der Waals surface area contributed by atoms with Crippen molar-refractivity contribution in [1.82, 2.24) is 4.57 Å². The van der Waals surface area contributed by atoms with Crippen molar-refractivity contribution < 1.29 is 35.9 Å². The number of halogens is 2. The maximum Gasteiger partial charge on any atom is 0.372 e. The van der Waals surface area contributed by atoms with Crippen molar-refractivity contribution in [3.8, 4) is 0 Å². The van der Waals surface area contributed by atoms with Crippen LogP contribution in [0.25, 0.3) is 0 Å². The molecule has 2 atom stereocenters. The lowest BCUT2D eigenvalue weighted by molar-refractivity contribution is -0.566. The summed E-state index contributed by atoms with van der Waals surface area (Å²) in [6, 6.07) is 20.2. The maximum absolute atomic E-state index is 13.7. The summed E-state index contributed by atoms with van der Waals surface area (Å²) < 4.78 is 10.0. The van der Waals surface area contributed by atoms with E-state index in [9.17, 15) is 9.59 Å². The molecule has 2 aromatic carbocycles. The fourth-order valence-corrected chi connectivity index (χ4v) is 4.20. The van der Waals surface area contributed by atoms with Crippen LogP contribution in [0.15, 0.2) is 77.4 Å². The molecule has 0 radical (unpaired) electrons. The predicted molar refractivity (Wildman–Crippen MR) is 118 cm³/mol. The van der Waals surface area contributed by atoms with E-state index in [1.165, 1.54) is 0 Å². The standard InChI is InChI=1S/C24H22BrN2O3.BrH/c1-2-30-21(28)16-26-15-20-9-6-14-27(20)23(22(26)17-7-4-3-5-8-17)24(29)18-10-12-19(25)13-11-18;/h3-15,22-23H,2,16H2,1H3;1H/q+1;/p-1/t22-,23+;/m1./s1. The normalized spacial score (nSPS) is 17.2. The van der Waals surface area contributed by atoms with Gasteiger partial charge < -0.3 is 26.3 Å². The first kappa shape index (κ1) is 23.2. The third-order valence-corrected chi connectivity index (χ3v) is 5.75. The Hall–Kier alpha value is -2.51. The molecule has 3 aromatic rings. The summed E-state index contributed by atoms with van der Waals surface area (Å²) in [5.41, 5.74) is 2.47. The van der Waals surface area contributed by atoms with Crippen LogP contribution in [-0.4, -0.2) is 40.3 Å². The van der Waals surface area contributed by atoms with Crippen molar-refractivity contribution in [3.63, 3.8) is 0 Å². The van der Waals surface area contributed by atoms with E-state index in [1.807, 2.05) is 88.3 Å². The third-order valence-electron chi connectivity index (χ3n) is 5.22. The van der Waals surface area contributed by atoms with Gasteiger partial charge in [0.15, 0.2) is 18.0 Å². The van der Waals surface area contributed by atoms with Crippen LogP contribution >= 0.6 is 15.9 Å². The molecule has 0 aliphatic carbocycles. The van der Waals surface area contributed by atoms with Crippen LogP contribution in [0.2, 0.25) is 0 Å². The van der Waals surface area contributed by atoms with Gasteiger partial charge in [0.2, 0.25) is 12.6 Å². The summed E-state index contributed by atoms with van der Waals surface area (Å²) in [4.78, 5) is 26.1. The molecule has 1 aromatic heterocycles. The second kappa shape index (κ2) is 10.2. The van der Waals surface area contributed by atoms with Crippen molar-refractivity contribution in [2.24, 2.45) is 0 Å². The van der Waals surface area contributed by atoms with Crippen LogP contribution in [0.3, 0.4) is 0 Å². The summed E-state index contributed by atoms with van der Waals surface area (Å²) in [6.45, 7) is 2.18. The fraction of sp³-hybridized carbons (Fsp3) is 0.208. The zero-order valence-corrected chi connectivity index (χ0v) is 20.1.